The Bertz CT molecular complexity index is 408. The summed E-state index contributed by atoms with van der Waals surface area (Å²) in [7, 11) is 0. The van der Waals surface area contributed by atoms with Crippen molar-refractivity contribution >= 4 is 11.6 Å². The van der Waals surface area contributed by atoms with Crippen LogP contribution in [0.4, 0.5) is 0 Å². The number of likely N-dealkylation sites (tertiary alicyclic amines) is 1. The van der Waals surface area contributed by atoms with Crippen LogP contribution in [0.2, 0.25) is 5.02 Å². The van der Waals surface area contributed by atoms with Crippen molar-refractivity contribution in [3.63, 3.8) is 0 Å². The van der Waals surface area contributed by atoms with Crippen LogP contribution in [0.25, 0.3) is 0 Å². The van der Waals surface area contributed by atoms with Gasteiger partial charge >= 0.3 is 0 Å². The van der Waals surface area contributed by atoms with Gasteiger partial charge in [-0.1, -0.05) is 43.5 Å². The summed E-state index contributed by atoms with van der Waals surface area (Å²) < 4.78 is 0. The monoisotopic (exact) mass is 281 g/mol. The molecule has 2 rings (SSSR count). The summed E-state index contributed by atoms with van der Waals surface area (Å²) in [5.41, 5.74) is 0.946. The second-order valence-corrected chi connectivity index (χ2v) is 6.02. The van der Waals surface area contributed by atoms with E-state index in [0.717, 1.165) is 31.1 Å². The van der Waals surface area contributed by atoms with Gasteiger partial charge in [-0.3, -0.25) is 4.90 Å². The van der Waals surface area contributed by atoms with E-state index in [4.69, 9.17) is 11.6 Å². The van der Waals surface area contributed by atoms with Crippen molar-refractivity contribution in [1.82, 2.24) is 4.90 Å². The van der Waals surface area contributed by atoms with Crippen LogP contribution in [0.15, 0.2) is 18.2 Å². The van der Waals surface area contributed by atoms with E-state index in [0.29, 0.717) is 5.02 Å². The number of phenolic OH excluding ortho intramolecular Hbond substituents is 1. The Balaban J connectivity index is 1.94. The second-order valence-electron chi connectivity index (χ2n) is 5.61. The number of benzene rings is 1. The first kappa shape index (κ1) is 14.7. The molecule has 1 atom stereocenters. The van der Waals surface area contributed by atoms with Gasteiger partial charge in [0.2, 0.25) is 0 Å². The van der Waals surface area contributed by atoms with E-state index in [1.165, 1.54) is 32.1 Å². The first-order valence-corrected chi connectivity index (χ1v) is 7.77. The number of aromatic hydroxyl groups is 1. The molecule has 0 radical (unpaired) electrons. The van der Waals surface area contributed by atoms with Gasteiger partial charge in [0, 0.05) is 12.1 Å². The second kappa shape index (κ2) is 7.16. The molecule has 1 heterocycles. The zero-order chi connectivity index (χ0) is 13.7. The van der Waals surface area contributed by atoms with Crippen LogP contribution in [0.1, 0.15) is 44.6 Å². The summed E-state index contributed by atoms with van der Waals surface area (Å²) >= 11 is 5.96. The van der Waals surface area contributed by atoms with Crippen LogP contribution in [0.5, 0.6) is 5.75 Å². The molecule has 0 aromatic heterocycles. The SMILES string of the molecule is CCCC1CCCN(Cc2cccc(Cl)c2O)CC1. The van der Waals surface area contributed by atoms with Crippen LogP contribution < -0.4 is 0 Å². The molecule has 1 aromatic carbocycles. The highest BCUT2D eigenvalue weighted by Gasteiger charge is 2.17. The van der Waals surface area contributed by atoms with E-state index in [2.05, 4.69) is 11.8 Å². The third kappa shape index (κ3) is 4.12. The molecule has 0 aliphatic carbocycles. The third-order valence-corrected chi connectivity index (χ3v) is 4.41. The maximum absolute atomic E-state index is 9.98. The minimum absolute atomic E-state index is 0.249. The highest BCUT2D eigenvalue weighted by atomic mass is 35.5. The Morgan fingerprint density at radius 3 is 2.95 bits per heavy atom. The molecule has 1 N–H and O–H groups in total. The van der Waals surface area contributed by atoms with Crippen LogP contribution in [-0.4, -0.2) is 23.1 Å². The van der Waals surface area contributed by atoms with Gasteiger partial charge in [0.1, 0.15) is 5.75 Å². The molecule has 1 unspecified atom stereocenters. The van der Waals surface area contributed by atoms with Crippen molar-refractivity contribution in [3.05, 3.63) is 28.8 Å². The molecule has 19 heavy (non-hydrogen) atoms. The number of halogens is 1. The van der Waals surface area contributed by atoms with Crippen LogP contribution >= 0.6 is 11.6 Å². The summed E-state index contributed by atoms with van der Waals surface area (Å²) in [5, 5.41) is 10.4. The van der Waals surface area contributed by atoms with E-state index >= 15 is 0 Å². The Kier molecular flexibility index (Phi) is 5.53. The zero-order valence-corrected chi connectivity index (χ0v) is 12.5. The predicted octanol–water partition coefficient (Wildman–Crippen LogP) is 4.45. The molecule has 0 bridgehead atoms. The highest BCUT2D eigenvalue weighted by molar-refractivity contribution is 6.32. The van der Waals surface area contributed by atoms with E-state index in [1.54, 1.807) is 6.07 Å². The van der Waals surface area contributed by atoms with Crippen molar-refractivity contribution in [3.8, 4) is 5.75 Å². The van der Waals surface area contributed by atoms with E-state index < -0.39 is 0 Å². The fourth-order valence-electron chi connectivity index (χ4n) is 3.01. The lowest BCUT2D eigenvalue weighted by molar-refractivity contribution is 0.267. The third-order valence-electron chi connectivity index (χ3n) is 4.10. The Morgan fingerprint density at radius 1 is 1.32 bits per heavy atom. The van der Waals surface area contributed by atoms with Gasteiger partial charge in [-0.05, 0) is 44.3 Å². The Hall–Kier alpha value is -0.730. The lowest BCUT2D eigenvalue weighted by Gasteiger charge is -2.21. The maximum Gasteiger partial charge on any atom is 0.138 e. The predicted molar refractivity (Wildman–Crippen MR) is 80.6 cm³/mol. The van der Waals surface area contributed by atoms with E-state index in [9.17, 15) is 5.11 Å². The van der Waals surface area contributed by atoms with Crippen molar-refractivity contribution < 1.29 is 5.11 Å². The normalized spacial score (nSPS) is 21.3. The summed E-state index contributed by atoms with van der Waals surface area (Å²) in [6.07, 6.45) is 6.56. The lowest BCUT2D eigenvalue weighted by Crippen LogP contribution is -2.24. The molecule has 0 spiro atoms. The van der Waals surface area contributed by atoms with Crippen LogP contribution in [0, 0.1) is 5.92 Å². The minimum atomic E-state index is 0.249. The molecular formula is C16H24ClNO. The van der Waals surface area contributed by atoms with Crippen LogP contribution in [-0.2, 0) is 6.54 Å². The molecule has 0 saturated carbocycles. The summed E-state index contributed by atoms with van der Waals surface area (Å²) in [6, 6.07) is 5.62. The largest absolute Gasteiger partial charge is 0.506 e. The van der Waals surface area contributed by atoms with Gasteiger partial charge in [-0.25, -0.2) is 0 Å². The number of phenols is 1. The lowest BCUT2D eigenvalue weighted by atomic mass is 9.96. The summed E-state index contributed by atoms with van der Waals surface area (Å²) in [6.45, 7) is 5.35. The Labute approximate surface area is 121 Å². The number of nitrogens with zero attached hydrogens (tertiary/aromatic N) is 1. The number of hydrogen-bond acceptors (Lipinski definition) is 2. The van der Waals surface area contributed by atoms with Crippen molar-refractivity contribution in [1.29, 1.82) is 0 Å². The average molecular weight is 282 g/mol. The highest BCUT2D eigenvalue weighted by Crippen LogP contribution is 2.29. The molecule has 1 aromatic rings. The fraction of sp³-hybridized carbons (Fsp3) is 0.625. The quantitative estimate of drug-likeness (QED) is 0.881. The van der Waals surface area contributed by atoms with Gasteiger partial charge in [0.25, 0.3) is 0 Å². The first-order valence-electron chi connectivity index (χ1n) is 7.39. The van der Waals surface area contributed by atoms with Crippen molar-refractivity contribution in [2.24, 2.45) is 5.92 Å². The zero-order valence-electron chi connectivity index (χ0n) is 11.7. The molecule has 3 heteroatoms. The van der Waals surface area contributed by atoms with E-state index in [1.807, 2.05) is 12.1 Å². The molecule has 1 aliphatic rings. The van der Waals surface area contributed by atoms with Gasteiger partial charge in [-0.15, -0.1) is 0 Å². The van der Waals surface area contributed by atoms with Crippen LogP contribution in [0.3, 0.4) is 0 Å². The minimum Gasteiger partial charge on any atom is -0.506 e. The molecule has 0 amide bonds. The molecule has 106 valence electrons. The topological polar surface area (TPSA) is 23.5 Å². The molecule has 1 fully saturated rings. The molecule has 1 aliphatic heterocycles. The van der Waals surface area contributed by atoms with Gasteiger partial charge in [-0.2, -0.15) is 0 Å². The van der Waals surface area contributed by atoms with E-state index in [-0.39, 0.29) is 5.75 Å². The smallest absolute Gasteiger partial charge is 0.138 e. The van der Waals surface area contributed by atoms with Gasteiger partial charge in [0.15, 0.2) is 0 Å². The molecule has 2 nitrogen and oxygen atoms in total. The summed E-state index contributed by atoms with van der Waals surface area (Å²) in [5.74, 6) is 1.14. The van der Waals surface area contributed by atoms with Gasteiger partial charge in [0.05, 0.1) is 5.02 Å². The number of para-hydroxylation sites is 1. The standard InChI is InChI=1S/C16H24ClNO/c1-2-5-13-6-4-10-18(11-9-13)12-14-7-3-8-15(17)16(14)19/h3,7-8,13,19H,2,4-6,9-12H2,1H3. The van der Waals surface area contributed by atoms with Crippen molar-refractivity contribution in [2.75, 3.05) is 13.1 Å². The maximum atomic E-state index is 9.98. The number of rotatable bonds is 4. The van der Waals surface area contributed by atoms with Gasteiger partial charge < -0.3 is 5.11 Å². The fourth-order valence-corrected chi connectivity index (χ4v) is 3.20. The molecular weight excluding hydrogens is 258 g/mol. The Morgan fingerprint density at radius 2 is 2.16 bits per heavy atom. The number of hydrogen-bond donors (Lipinski definition) is 1. The first-order chi connectivity index (χ1) is 9.20. The van der Waals surface area contributed by atoms with Crippen molar-refractivity contribution in [2.45, 2.75) is 45.6 Å². The summed E-state index contributed by atoms with van der Waals surface area (Å²) in [4.78, 5) is 2.45. The average Bonchev–Trinajstić information content (AvgIpc) is 2.61. The molecule has 1 saturated heterocycles.